The summed E-state index contributed by atoms with van der Waals surface area (Å²) < 4.78 is 17.6. The second-order valence-corrected chi connectivity index (χ2v) is 2.49. The monoisotopic (exact) mass is 170 g/mol. The summed E-state index contributed by atoms with van der Waals surface area (Å²) in [5.74, 6) is -0.401. The number of hydrogen-bond acceptors (Lipinski definition) is 2. The molecule has 1 unspecified atom stereocenters. The second kappa shape index (κ2) is 4.18. The second-order valence-electron chi connectivity index (χ2n) is 2.49. The number of hydrogen-bond donors (Lipinski definition) is 1. The quantitative estimate of drug-likeness (QED) is 0.745. The molecule has 0 radical (unpaired) electrons. The fourth-order valence-corrected chi connectivity index (χ4v) is 0.993. The minimum atomic E-state index is -0.879. The first-order valence-corrected chi connectivity index (χ1v) is 3.67. The van der Waals surface area contributed by atoms with Gasteiger partial charge in [-0.25, -0.2) is 4.39 Å². The van der Waals surface area contributed by atoms with Crippen LogP contribution in [0.3, 0.4) is 0 Å². The average molecular weight is 170 g/mol. The highest BCUT2D eigenvalue weighted by molar-refractivity contribution is 5.19. The summed E-state index contributed by atoms with van der Waals surface area (Å²) >= 11 is 0. The van der Waals surface area contributed by atoms with Gasteiger partial charge in [0.25, 0.3) is 0 Å². The van der Waals surface area contributed by atoms with Crippen molar-refractivity contribution in [2.24, 2.45) is 0 Å². The average Bonchev–Trinajstić information content (AvgIpc) is 2.05. The van der Waals surface area contributed by atoms with Gasteiger partial charge in [0.2, 0.25) is 0 Å². The number of benzene rings is 1. The number of rotatable bonds is 3. The van der Waals surface area contributed by atoms with E-state index in [-0.39, 0.29) is 12.2 Å². The Hall–Kier alpha value is -0.930. The van der Waals surface area contributed by atoms with E-state index in [1.54, 1.807) is 18.2 Å². The van der Waals surface area contributed by atoms with Crippen LogP contribution in [0.1, 0.15) is 11.7 Å². The van der Waals surface area contributed by atoms with Gasteiger partial charge in [-0.15, -0.1) is 0 Å². The lowest BCUT2D eigenvalue weighted by molar-refractivity contribution is 0.0621. The lowest BCUT2D eigenvalue weighted by Gasteiger charge is -2.09. The molecule has 0 saturated heterocycles. The van der Waals surface area contributed by atoms with Gasteiger partial charge in [-0.05, 0) is 6.07 Å². The van der Waals surface area contributed by atoms with Crippen LogP contribution >= 0.6 is 0 Å². The Balaban J connectivity index is 2.79. The molecule has 0 aliphatic carbocycles. The highest BCUT2D eigenvalue weighted by Crippen LogP contribution is 2.16. The maximum atomic E-state index is 12.9. The molecule has 0 heterocycles. The number of ether oxygens (including phenoxy) is 1. The normalized spacial score (nSPS) is 12.9. The smallest absolute Gasteiger partial charge is 0.129 e. The van der Waals surface area contributed by atoms with E-state index in [1.807, 2.05) is 0 Å². The van der Waals surface area contributed by atoms with Gasteiger partial charge >= 0.3 is 0 Å². The summed E-state index contributed by atoms with van der Waals surface area (Å²) in [6.07, 6.45) is -0.879. The maximum absolute atomic E-state index is 12.9. The number of aliphatic hydroxyl groups excluding tert-OH is 1. The predicted octanol–water partition coefficient (Wildman–Crippen LogP) is 1.51. The van der Waals surface area contributed by atoms with E-state index in [0.717, 1.165) is 0 Å². The lowest BCUT2D eigenvalue weighted by atomic mass is 10.1. The van der Waals surface area contributed by atoms with Crippen molar-refractivity contribution in [2.75, 3.05) is 13.7 Å². The number of halogens is 1. The Morgan fingerprint density at radius 3 is 2.75 bits per heavy atom. The fourth-order valence-electron chi connectivity index (χ4n) is 0.993. The first kappa shape index (κ1) is 9.16. The van der Waals surface area contributed by atoms with Crippen molar-refractivity contribution < 1.29 is 14.2 Å². The minimum absolute atomic E-state index is 0.112. The summed E-state index contributed by atoms with van der Waals surface area (Å²) in [6.45, 7) is 0.112. The maximum Gasteiger partial charge on any atom is 0.129 e. The van der Waals surface area contributed by atoms with Crippen LogP contribution in [-0.2, 0) is 4.74 Å². The summed E-state index contributed by atoms with van der Waals surface area (Å²) in [5.41, 5.74) is 0.277. The van der Waals surface area contributed by atoms with E-state index < -0.39 is 11.9 Å². The summed E-state index contributed by atoms with van der Waals surface area (Å²) in [7, 11) is 1.46. The van der Waals surface area contributed by atoms with Crippen LogP contribution in [0.5, 0.6) is 0 Å². The molecule has 0 saturated carbocycles. The number of aliphatic hydroxyl groups is 1. The number of methoxy groups -OCH3 is 1. The third-order valence-electron chi connectivity index (χ3n) is 1.59. The molecule has 0 fully saturated rings. The van der Waals surface area contributed by atoms with Crippen molar-refractivity contribution in [3.8, 4) is 0 Å². The minimum Gasteiger partial charge on any atom is -0.386 e. The van der Waals surface area contributed by atoms with Crippen molar-refractivity contribution in [2.45, 2.75) is 6.10 Å². The Morgan fingerprint density at radius 2 is 2.17 bits per heavy atom. The third kappa shape index (κ3) is 2.03. The predicted molar refractivity (Wildman–Crippen MR) is 43.2 cm³/mol. The van der Waals surface area contributed by atoms with E-state index in [9.17, 15) is 9.50 Å². The van der Waals surface area contributed by atoms with E-state index in [1.165, 1.54) is 13.2 Å². The Morgan fingerprint density at radius 1 is 1.50 bits per heavy atom. The van der Waals surface area contributed by atoms with Crippen LogP contribution in [-0.4, -0.2) is 18.8 Å². The van der Waals surface area contributed by atoms with E-state index in [4.69, 9.17) is 4.74 Å². The zero-order valence-corrected chi connectivity index (χ0v) is 6.83. The van der Waals surface area contributed by atoms with Gasteiger partial charge in [-0.2, -0.15) is 0 Å². The fraction of sp³-hybridized carbons (Fsp3) is 0.333. The molecule has 1 aromatic rings. The zero-order valence-electron chi connectivity index (χ0n) is 6.83. The molecule has 2 nitrogen and oxygen atoms in total. The van der Waals surface area contributed by atoms with Crippen molar-refractivity contribution >= 4 is 0 Å². The highest BCUT2D eigenvalue weighted by atomic mass is 19.1. The topological polar surface area (TPSA) is 29.5 Å². The van der Waals surface area contributed by atoms with Crippen LogP contribution in [0.2, 0.25) is 0 Å². The Labute approximate surface area is 70.6 Å². The molecule has 0 bridgehead atoms. The van der Waals surface area contributed by atoms with Gasteiger partial charge in [0.05, 0.1) is 6.61 Å². The van der Waals surface area contributed by atoms with Gasteiger partial charge in [-0.1, -0.05) is 18.2 Å². The van der Waals surface area contributed by atoms with E-state index in [0.29, 0.717) is 0 Å². The largest absolute Gasteiger partial charge is 0.386 e. The van der Waals surface area contributed by atoms with Gasteiger partial charge in [0, 0.05) is 12.7 Å². The molecule has 0 aliphatic heterocycles. The van der Waals surface area contributed by atoms with Crippen LogP contribution in [0.25, 0.3) is 0 Å². The van der Waals surface area contributed by atoms with Gasteiger partial charge in [0.15, 0.2) is 0 Å². The highest BCUT2D eigenvalue weighted by Gasteiger charge is 2.10. The lowest BCUT2D eigenvalue weighted by Crippen LogP contribution is -2.06. The first-order valence-electron chi connectivity index (χ1n) is 3.67. The molecule has 1 aromatic carbocycles. The third-order valence-corrected chi connectivity index (χ3v) is 1.59. The van der Waals surface area contributed by atoms with E-state index in [2.05, 4.69) is 0 Å². The molecular weight excluding hydrogens is 159 g/mol. The molecule has 3 heteroatoms. The summed E-state index contributed by atoms with van der Waals surface area (Å²) in [6, 6.07) is 6.11. The summed E-state index contributed by atoms with van der Waals surface area (Å²) in [5, 5.41) is 9.34. The van der Waals surface area contributed by atoms with E-state index >= 15 is 0 Å². The molecule has 66 valence electrons. The van der Waals surface area contributed by atoms with Crippen molar-refractivity contribution in [1.82, 2.24) is 0 Å². The Kier molecular flexibility index (Phi) is 3.19. The van der Waals surface area contributed by atoms with Crippen LogP contribution < -0.4 is 0 Å². The molecule has 1 N–H and O–H groups in total. The molecule has 0 aromatic heterocycles. The Bertz CT molecular complexity index is 250. The molecular formula is C9H11FO2. The van der Waals surface area contributed by atoms with Gasteiger partial charge in [-0.3, -0.25) is 0 Å². The molecule has 12 heavy (non-hydrogen) atoms. The van der Waals surface area contributed by atoms with Crippen LogP contribution in [0, 0.1) is 5.82 Å². The summed E-state index contributed by atoms with van der Waals surface area (Å²) in [4.78, 5) is 0. The molecule has 0 aliphatic rings. The van der Waals surface area contributed by atoms with Crippen molar-refractivity contribution in [3.05, 3.63) is 35.6 Å². The standard InChI is InChI=1S/C9H11FO2/c1-12-6-9(11)7-4-2-3-5-8(7)10/h2-5,9,11H,6H2,1H3. The van der Waals surface area contributed by atoms with Gasteiger partial charge < -0.3 is 9.84 Å². The molecule has 0 amide bonds. The van der Waals surface area contributed by atoms with Gasteiger partial charge in [0.1, 0.15) is 11.9 Å². The SMILES string of the molecule is COCC(O)c1ccccc1F. The van der Waals surface area contributed by atoms with Crippen molar-refractivity contribution in [3.63, 3.8) is 0 Å². The first-order chi connectivity index (χ1) is 5.75. The van der Waals surface area contributed by atoms with Crippen LogP contribution in [0.4, 0.5) is 4.39 Å². The zero-order chi connectivity index (χ0) is 8.97. The van der Waals surface area contributed by atoms with Crippen LogP contribution in [0.15, 0.2) is 24.3 Å². The molecule has 1 atom stereocenters. The van der Waals surface area contributed by atoms with Crippen molar-refractivity contribution in [1.29, 1.82) is 0 Å². The molecule has 0 spiro atoms. The molecule has 1 rings (SSSR count).